The van der Waals surface area contributed by atoms with Crippen molar-refractivity contribution in [3.8, 4) is 0 Å². The molecule has 0 radical (unpaired) electrons. The van der Waals surface area contributed by atoms with Crippen molar-refractivity contribution in [2.45, 2.75) is 24.7 Å². The summed E-state index contributed by atoms with van der Waals surface area (Å²) in [5.74, 6) is 0.389. The number of fused-ring (bicyclic) bond motifs is 1. The number of allylic oxidation sites excluding steroid dienone is 1. The van der Waals surface area contributed by atoms with Gasteiger partial charge in [-0.05, 0) is 41.8 Å². The van der Waals surface area contributed by atoms with Crippen LogP contribution in [0.1, 0.15) is 25.3 Å². The first-order chi connectivity index (χ1) is 14.5. The van der Waals surface area contributed by atoms with Gasteiger partial charge in [-0.25, -0.2) is 8.42 Å². The molecule has 0 amide bonds. The number of nitrogens with zero attached hydrogens (tertiary/aromatic N) is 2. The van der Waals surface area contributed by atoms with E-state index in [-0.39, 0.29) is 17.3 Å². The summed E-state index contributed by atoms with van der Waals surface area (Å²) < 4.78 is 29.1. The molecule has 31 heavy (non-hydrogen) atoms. The molecule has 0 aromatic heterocycles. The Morgan fingerprint density at radius 1 is 0.903 bits per heavy atom. The Kier molecular flexibility index (Phi) is 6.83. The lowest BCUT2D eigenvalue weighted by molar-refractivity contribution is 0.602. The van der Waals surface area contributed by atoms with Crippen LogP contribution in [0.2, 0.25) is 0 Å². The molecule has 3 aromatic rings. The monoisotopic (exact) mass is 453 g/mol. The molecule has 0 bridgehead atoms. The molecule has 0 unspecified atom stereocenters. The van der Waals surface area contributed by atoms with Gasteiger partial charge in [0.25, 0.3) is 10.0 Å². The Labute approximate surface area is 189 Å². The summed E-state index contributed by atoms with van der Waals surface area (Å²) >= 11 is 0. The van der Waals surface area contributed by atoms with Crippen molar-refractivity contribution in [3.05, 3.63) is 90.9 Å². The average Bonchev–Trinajstić information content (AvgIpc) is 3.02. The third kappa shape index (κ3) is 4.81. The predicted octanol–water partition coefficient (Wildman–Crippen LogP) is 6.06. The van der Waals surface area contributed by atoms with Crippen LogP contribution in [-0.2, 0) is 10.0 Å². The molecule has 7 heteroatoms. The third-order valence-corrected chi connectivity index (χ3v) is 6.43. The zero-order chi connectivity index (χ0) is 21.1. The zero-order valence-electron chi connectivity index (χ0n) is 17.3. The first kappa shape index (κ1) is 22.6. The standard InChI is InChI=1S/C24H23N3O2S.ClH/c1-18(2)19-8-10-20(11-9-19)26-30(28,29)24-13-12-23(21-6-3-4-7-22(21)24)27-16-5-14-25-15-17-27;/h3-18,26H,1-2H3;1H. The summed E-state index contributed by atoms with van der Waals surface area (Å²) in [6.45, 7) is 4.21. The number of hydrogen-bond acceptors (Lipinski definition) is 4. The van der Waals surface area contributed by atoms with E-state index in [4.69, 9.17) is 0 Å². The molecule has 0 spiro atoms. The SMILES string of the molecule is CC(C)c1ccc(NS(=O)(=O)c2ccc(N3C=CC=NC=C3)c3ccccc23)cc1.Cl. The minimum Gasteiger partial charge on any atom is -0.322 e. The first-order valence-electron chi connectivity index (χ1n) is 9.75. The van der Waals surface area contributed by atoms with Crippen LogP contribution >= 0.6 is 12.4 Å². The highest BCUT2D eigenvalue weighted by molar-refractivity contribution is 7.93. The van der Waals surface area contributed by atoms with E-state index in [1.54, 1.807) is 30.6 Å². The molecule has 1 N–H and O–H groups in total. The number of rotatable bonds is 5. The summed E-state index contributed by atoms with van der Waals surface area (Å²) in [4.78, 5) is 6.27. The van der Waals surface area contributed by atoms with E-state index in [1.807, 2.05) is 65.8 Å². The predicted molar refractivity (Wildman–Crippen MR) is 132 cm³/mol. The minimum atomic E-state index is -3.76. The number of benzene rings is 3. The fraction of sp³-hybridized carbons (Fsp3) is 0.125. The van der Waals surface area contributed by atoms with Crippen molar-refractivity contribution in [3.63, 3.8) is 0 Å². The number of halogens is 1. The molecule has 1 aliphatic rings. The lowest BCUT2D eigenvalue weighted by atomic mass is 10.0. The maximum absolute atomic E-state index is 13.2. The molecule has 0 aliphatic carbocycles. The number of nitrogens with one attached hydrogen (secondary N) is 1. The summed E-state index contributed by atoms with van der Waals surface area (Å²) in [6.07, 6.45) is 8.96. The summed E-state index contributed by atoms with van der Waals surface area (Å²) in [5.41, 5.74) is 2.59. The molecule has 0 saturated heterocycles. The van der Waals surface area contributed by atoms with Gasteiger partial charge >= 0.3 is 0 Å². The number of hydrogen-bond donors (Lipinski definition) is 1. The Morgan fingerprint density at radius 2 is 1.61 bits per heavy atom. The van der Waals surface area contributed by atoms with Gasteiger partial charge in [-0.3, -0.25) is 9.71 Å². The molecule has 1 heterocycles. The van der Waals surface area contributed by atoms with Gasteiger partial charge in [0.15, 0.2) is 0 Å². The van der Waals surface area contributed by atoms with Gasteiger partial charge in [0.2, 0.25) is 0 Å². The van der Waals surface area contributed by atoms with Crippen molar-refractivity contribution >= 4 is 50.8 Å². The van der Waals surface area contributed by atoms with Crippen molar-refractivity contribution < 1.29 is 8.42 Å². The van der Waals surface area contributed by atoms with Gasteiger partial charge in [0, 0.05) is 41.3 Å². The largest absolute Gasteiger partial charge is 0.322 e. The molecule has 5 nitrogen and oxygen atoms in total. The topological polar surface area (TPSA) is 61.8 Å². The smallest absolute Gasteiger partial charge is 0.262 e. The highest BCUT2D eigenvalue weighted by Gasteiger charge is 2.20. The number of anilines is 2. The van der Waals surface area contributed by atoms with Gasteiger partial charge < -0.3 is 4.90 Å². The lowest BCUT2D eigenvalue weighted by Gasteiger charge is -2.19. The second-order valence-electron chi connectivity index (χ2n) is 7.36. The highest BCUT2D eigenvalue weighted by atomic mass is 35.5. The minimum absolute atomic E-state index is 0. The Hall–Kier alpha value is -3.09. The summed E-state index contributed by atoms with van der Waals surface area (Å²) in [7, 11) is -3.76. The van der Waals surface area contributed by atoms with Crippen LogP contribution in [0.3, 0.4) is 0 Å². The van der Waals surface area contributed by atoms with E-state index in [0.717, 1.165) is 16.6 Å². The Bertz CT molecular complexity index is 1250. The van der Waals surface area contributed by atoms with E-state index >= 15 is 0 Å². The molecular formula is C24H24ClN3O2S. The summed E-state index contributed by atoms with van der Waals surface area (Å²) in [5, 5.41) is 1.50. The third-order valence-electron chi connectivity index (χ3n) is 4.99. The van der Waals surface area contributed by atoms with Crippen molar-refractivity contribution in [1.82, 2.24) is 0 Å². The van der Waals surface area contributed by atoms with Crippen LogP contribution in [-0.4, -0.2) is 14.6 Å². The van der Waals surface area contributed by atoms with E-state index in [0.29, 0.717) is 17.0 Å². The second-order valence-corrected chi connectivity index (χ2v) is 9.01. The van der Waals surface area contributed by atoms with Gasteiger partial charge in [0.1, 0.15) is 0 Å². The van der Waals surface area contributed by atoms with E-state index in [1.165, 1.54) is 0 Å². The molecule has 3 aromatic carbocycles. The van der Waals surface area contributed by atoms with Gasteiger partial charge in [-0.2, -0.15) is 0 Å². The van der Waals surface area contributed by atoms with Gasteiger partial charge in [0.05, 0.1) is 10.6 Å². The zero-order valence-corrected chi connectivity index (χ0v) is 18.9. The summed E-state index contributed by atoms with van der Waals surface area (Å²) in [6, 6.07) is 18.5. The molecule has 1 aliphatic heterocycles. The van der Waals surface area contributed by atoms with Gasteiger partial charge in [-0.1, -0.05) is 50.2 Å². The second kappa shape index (κ2) is 9.37. The van der Waals surface area contributed by atoms with Crippen LogP contribution in [0.15, 0.2) is 95.2 Å². The van der Waals surface area contributed by atoms with Crippen LogP contribution in [0.25, 0.3) is 10.8 Å². The van der Waals surface area contributed by atoms with Gasteiger partial charge in [-0.15, -0.1) is 12.4 Å². The normalized spacial score (nSPS) is 13.3. The Balaban J connectivity index is 0.00000272. The van der Waals surface area contributed by atoms with Crippen LogP contribution in [0, 0.1) is 0 Å². The van der Waals surface area contributed by atoms with Crippen LogP contribution in [0.4, 0.5) is 11.4 Å². The van der Waals surface area contributed by atoms with Crippen LogP contribution in [0.5, 0.6) is 0 Å². The quantitative estimate of drug-likeness (QED) is 0.510. The maximum atomic E-state index is 13.2. The van der Waals surface area contributed by atoms with E-state index < -0.39 is 10.0 Å². The average molecular weight is 454 g/mol. The first-order valence-corrected chi connectivity index (χ1v) is 11.2. The maximum Gasteiger partial charge on any atom is 0.262 e. The number of sulfonamides is 1. The molecule has 0 atom stereocenters. The van der Waals surface area contributed by atoms with E-state index in [2.05, 4.69) is 23.6 Å². The number of aliphatic imine (C=N–C) groups is 1. The van der Waals surface area contributed by atoms with Crippen molar-refractivity contribution in [1.29, 1.82) is 0 Å². The van der Waals surface area contributed by atoms with Crippen LogP contribution < -0.4 is 9.62 Å². The lowest BCUT2D eigenvalue weighted by Crippen LogP contribution is -2.14. The molecule has 4 rings (SSSR count). The molecular weight excluding hydrogens is 430 g/mol. The molecule has 0 fully saturated rings. The highest BCUT2D eigenvalue weighted by Crippen LogP contribution is 2.33. The molecule has 160 valence electrons. The van der Waals surface area contributed by atoms with Crippen molar-refractivity contribution in [2.24, 2.45) is 4.99 Å². The fourth-order valence-corrected chi connectivity index (χ4v) is 4.68. The Morgan fingerprint density at radius 3 is 2.32 bits per heavy atom. The van der Waals surface area contributed by atoms with E-state index in [9.17, 15) is 8.42 Å². The van der Waals surface area contributed by atoms with Crippen molar-refractivity contribution in [2.75, 3.05) is 9.62 Å². The fourth-order valence-electron chi connectivity index (χ4n) is 3.41. The molecule has 0 saturated carbocycles.